The number of hydrogen-bond acceptors (Lipinski definition) is 8. The summed E-state index contributed by atoms with van der Waals surface area (Å²) in [5.74, 6) is -2.92. The Morgan fingerprint density at radius 3 is 1.98 bits per heavy atom. The lowest BCUT2D eigenvalue weighted by atomic mass is 9.57. The van der Waals surface area contributed by atoms with Crippen molar-refractivity contribution in [1.29, 1.82) is 0 Å². The van der Waals surface area contributed by atoms with E-state index in [1.54, 1.807) is 0 Å². The van der Waals surface area contributed by atoms with Crippen molar-refractivity contribution in [3.63, 3.8) is 0 Å². The normalized spacial score (nSPS) is 28.5. The van der Waals surface area contributed by atoms with E-state index in [-0.39, 0.29) is 61.8 Å². The summed E-state index contributed by atoms with van der Waals surface area (Å²) < 4.78 is 5.56. The van der Waals surface area contributed by atoms with E-state index in [4.69, 9.17) is 9.84 Å². The maximum Gasteiger partial charge on any atom is 0.234 e. The molecule has 1 N–H and O–H groups in total. The molecule has 0 unspecified atom stereocenters. The molecule has 3 aromatic rings. The molecule has 6 atom stereocenters. The second kappa shape index (κ2) is 10.9. The highest BCUT2D eigenvalue weighted by atomic mass is 32.1. The molecule has 0 radical (unpaired) electrons. The van der Waals surface area contributed by atoms with Gasteiger partial charge in [-0.1, -0.05) is 35.9 Å². The summed E-state index contributed by atoms with van der Waals surface area (Å²) in [6.07, 6.45) is 2.89. The van der Waals surface area contributed by atoms with E-state index < -0.39 is 23.7 Å². The summed E-state index contributed by atoms with van der Waals surface area (Å²) in [6, 6.07) is 15.1. The van der Waals surface area contributed by atoms with E-state index in [2.05, 4.69) is 6.08 Å². The molecule has 42 heavy (non-hydrogen) atoms. The zero-order chi connectivity index (χ0) is 29.0. The van der Waals surface area contributed by atoms with Crippen molar-refractivity contribution in [3.8, 4) is 5.75 Å². The molecule has 2 aliphatic heterocycles. The van der Waals surface area contributed by atoms with Gasteiger partial charge in [-0.05, 0) is 59.3 Å². The Labute approximate surface area is 251 Å². The van der Waals surface area contributed by atoms with Crippen LogP contribution < -0.4 is 4.74 Å². The number of aliphatic hydroxyl groups excluding tert-OH is 1. The summed E-state index contributed by atoms with van der Waals surface area (Å²) in [6.45, 7) is 0.580. The number of ether oxygens (including phenoxy) is 1. The molecule has 4 aliphatic rings. The van der Waals surface area contributed by atoms with Gasteiger partial charge in [0.15, 0.2) is 0 Å². The van der Waals surface area contributed by atoms with E-state index >= 15 is 0 Å². The first kappa shape index (κ1) is 27.2. The molecule has 4 amide bonds. The van der Waals surface area contributed by atoms with Crippen LogP contribution >= 0.6 is 22.7 Å². The standard InChI is InChI=1S/C32H30N2O6S2/c35-11-12-40-19-7-5-18(6-8-19)26-22-9-10-23-27(31(38)33(29(23)36)16-20-3-1-13-41-20)24(22)15-25-28(26)32(39)34(30(25)37)17-21-4-2-14-42-21/h1-9,13-14,23-28,35H,10-12,15-17H2/t23-,24+,25+,26-,27-,28+/m0/s1. The van der Waals surface area contributed by atoms with Gasteiger partial charge >= 0.3 is 0 Å². The maximum atomic E-state index is 14.0. The lowest BCUT2D eigenvalue weighted by molar-refractivity contribution is -0.142. The third-order valence-corrected chi connectivity index (χ3v) is 10.9. The van der Waals surface area contributed by atoms with Crippen LogP contribution in [0.1, 0.15) is 34.1 Å². The zero-order valence-corrected chi connectivity index (χ0v) is 24.4. The smallest absolute Gasteiger partial charge is 0.234 e. The van der Waals surface area contributed by atoms with E-state index in [9.17, 15) is 19.2 Å². The molecule has 1 saturated carbocycles. The van der Waals surface area contributed by atoms with Crippen LogP contribution in [0.2, 0.25) is 0 Å². The number of benzene rings is 1. The minimum Gasteiger partial charge on any atom is -0.491 e. The molecule has 216 valence electrons. The van der Waals surface area contributed by atoms with Gasteiger partial charge in [0.25, 0.3) is 0 Å². The Kier molecular flexibility index (Phi) is 7.08. The molecule has 10 heteroatoms. The predicted molar refractivity (Wildman–Crippen MR) is 156 cm³/mol. The highest BCUT2D eigenvalue weighted by molar-refractivity contribution is 7.10. The number of amides is 4. The Bertz CT molecular complexity index is 1550. The fourth-order valence-corrected chi connectivity index (χ4v) is 8.84. The molecule has 4 heterocycles. The Hall–Kier alpha value is -3.60. The van der Waals surface area contributed by atoms with Gasteiger partial charge in [-0.2, -0.15) is 0 Å². The number of nitrogens with zero attached hydrogens (tertiary/aromatic N) is 2. The number of aliphatic hydroxyl groups is 1. The topological polar surface area (TPSA) is 104 Å². The summed E-state index contributed by atoms with van der Waals surface area (Å²) in [5, 5.41) is 13.0. The highest BCUT2D eigenvalue weighted by Gasteiger charge is 2.61. The Morgan fingerprint density at radius 1 is 0.762 bits per heavy atom. The molecule has 8 nitrogen and oxygen atoms in total. The monoisotopic (exact) mass is 602 g/mol. The number of carbonyl (C=O) groups is 4. The fourth-order valence-electron chi connectivity index (χ4n) is 7.46. The number of allylic oxidation sites excluding steroid dienone is 2. The summed E-state index contributed by atoms with van der Waals surface area (Å²) in [4.78, 5) is 60.0. The summed E-state index contributed by atoms with van der Waals surface area (Å²) in [5.41, 5.74) is 1.86. The minimum atomic E-state index is -0.574. The first-order valence-electron chi connectivity index (χ1n) is 14.2. The SMILES string of the molecule is O=C1[C@H]2[C@H](CC=C3[C@H]2C[C@H]2C(=O)N(Cc4cccs4)C(=O)[C@H]2[C@H]3c2ccc(OCCO)cc2)C(=O)N1Cc1cccs1. The fraction of sp³-hybridized carbons (Fsp3) is 0.375. The van der Waals surface area contributed by atoms with Crippen molar-refractivity contribution in [2.45, 2.75) is 31.8 Å². The van der Waals surface area contributed by atoms with Crippen LogP contribution in [0.15, 0.2) is 70.9 Å². The van der Waals surface area contributed by atoms with Crippen molar-refractivity contribution in [3.05, 3.63) is 86.3 Å². The van der Waals surface area contributed by atoms with Crippen LogP contribution in [-0.2, 0) is 32.3 Å². The van der Waals surface area contributed by atoms with E-state index in [1.165, 1.54) is 32.5 Å². The van der Waals surface area contributed by atoms with Gasteiger partial charge in [-0.15, -0.1) is 22.7 Å². The van der Waals surface area contributed by atoms with Crippen molar-refractivity contribution < 1.29 is 29.0 Å². The third-order valence-electron chi connectivity index (χ3n) is 9.22. The van der Waals surface area contributed by atoms with Gasteiger partial charge in [0, 0.05) is 15.7 Å². The van der Waals surface area contributed by atoms with E-state index in [0.29, 0.717) is 18.6 Å². The molecule has 3 fully saturated rings. The van der Waals surface area contributed by atoms with Crippen LogP contribution in [0.5, 0.6) is 5.75 Å². The van der Waals surface area contributed by atoms with Crippen LogP contribution in [0.4, 0.5) is 0 Å². The average Bonchev–Trinajstić information content (AvgIpc) is 3.80. The number of hydrogen-bond donors (Lipinski definition) is 1. The van der Waals surface area contributed by atoms with Crippen molar-refractivity contribution in [2.75, 3.05) is 13.2 Å². The molecule has 1 aromatic carbocycles. The Balaban J connectivity index is 1.26. The molecule has 2 saturated heterocycles. The van der Waals surface area contributed by atoms with Gasteiger partial charge in [0.2, 0.25) is 23.6 Å². The summed E-state index contributed by atoms with van der Waals surface area (Å²) >= 11 is 3.03. The molecule has 7 rings (SSSR count). The lowest BCUT2D eigenvalue weighted by Gasteiger charge is -2.44. The largest absolute Gasteiger partial charge is 0.491 e. The molecule has 2 aromatic heterocycles. The van der Waals surface area contributed by atoms with Gasteiger partial charge in [0.1, 0.15) is 12.4 Å². The van der Waals surface area contributed by atoms with Gasteiger partial charge < -0.3 is 9.84 Å². The number of likely N-dealkylation sites (tertiary alicyclic amines) is 2. The molecule has 2 aliphatic carbocycles. The number of thiophene rings is 2. The first-order chi connectivity index (χ1) is 20.5. The van der Waals surface area contributed by atoms with Gasteiger partial charge in [0.05, 0.1) is 43.4 Å². The summed E-state index contributed by atoms with van der Waals surface area (Å²) in [7, 11) is 0. The lowest BCUT2D eigenvalue weighted by Crippen LogP contribution is -2.43. The van der Waals surface area contributed by atoms with Crippen LogP contribution in [0, 0.1) is 29.6 Å². The highest BCUT2D eigenvalue weighted by Crippen LogP contribution is 2.58. The predicted octanol–water partition coefficient (Wildman–Crippen LogP) is 4.22. The van der Waals surface area contributed by atoms with Gasteiger partial charge in [-0.3, -0.25) is 29.0 Å². The first-order valence-corrected chi connectivity index (χ1v) is 16.0. The average molecular weight is 603 g/mol. The number of fused-ring (bicyclic) bond motifs is 4. The molecular formula is C32H30N2O6S2. The van der Waals surface area contributed by atoms with Crippen LogP contribution in [0.3, 0.4) is 0 Å². The number of rotatable bonds is 8. The second-order valence-electron chi connectivity index (χ2n) is 11.3. The van der Waals surface area contributed by atoms with Crippen molar-refractivity contribution in [2.24, 2.45) is 29.6 Å². The minimum absolute atomic E-state index is 0.0990. The van der Waals surface area contributed by atoms with Crippen molar-refractivity contribution >= 4 is 46.3 Å². The van der Waals surface area contributed by atoms with E-state index in [1.807, 2.05) is 59.3 Å². The molecule has 0 spiro atoms. The van der Waals surface area contributed by atoms with Gasteiger partial charge in [-0.25, -0.2) is 0 Å². The molecular weight excluding hydrogens is 572 g/mol. The van der Waals surface area contributed by atoms with Crippen LogP contribution in [-0.4, -0.2) is 51.7 Å². The number of carbonyl (C=O) groups excluding carboxylic acids is 4. The quantitative estimate of drug-likeness (QED) is 0.306. The maximum absolute atomic E-state index is 14.0. The third kappa shape index (κ3) is 4.44. The van der Waals surface area contributed by atoms with E-state index in [0.717, 1.165) is 20.9 Å². The molecule has 0 bridgehead atoms. The zero-order valence-electron chi connectivity index (χ0n) is 22.8. The van der Waals surface area contributed by atoms with Crippen LogP contribution in [0.25, 0.3) is 0 Å². The second-order valence-corrected chi connectivity index (χ2v) is 13.4. The van der Waals surface area contributed by atoms with Crippen molar-refractivity contribution in [1.82, 2.24) is 9.80 Å². The number of imide groups is 2. The Morgan fingerprint density at radius 2 is 1.38 bits per heavy atom.